The first-order valence-corrected chi connectivity index (χ1v) is 10.4. The zero-order valence-electron chi connectivity index (χ0n) is 16.4. The molecule has 142 valence electrons. The highest BCUT2D eigenvalue weighted by Gasteiger charge is 2.51. The Balaban J connectivity index is 1.37. The van der Waals surface area contributed by atoms with Crippen molar-refractivity contribution in [2.45, 2.75) is 64.5 Å². The summed E-state index contributed by atoms with van der Waals surface area (Å²) in [5, 5.41) is 3.52. The second-order valence-electron chi connectivity index (χ2n) is 9.34. The van der Waals surface area contributed by atoms with Crippen molar-refractivity contribution < 1.29 is 4.79 Å². The van der Waals surface area contributed by atoms with Gasteiger partial charge in [-0.2, -0.15) is 0 Å². The Bertz CT molecular complexity index is 832. The molecule has 0 aliphatic heterocycles. The number of hydrogen-bond donors (Lipinski definition) is 1. The average molecular weight is 364 g/mol. The summed E-state index contributed by atoms with van der Waals surface area (Å²) in [5.74, 6) is 2.65. The number of rotatable bonds is 4. The Morgan fingerprint density at radius 3 is 2.41 bits per heavy atom. The molecule has 1 N–H and O–H groups in total. The van der Waals surface area contributed by atoms with E-state index < -0.39 is 0 Å². The first-order valence-electron chi connectivity index (χ1n) is 10.4. The number of carbonyl (C=O) groups excluding carboxylic acids is 1. The minimum atomic E-state index is 0.0647. The molecule has 4 heteroatoms. The van der Waals surface area contributed by atoms with Crippen LogP contribution in [0, 0.1) is 31.6 Å². The van der Waals surface area contributed by atoms with Gasteiger partial charge in [0.05, 0.1) is 17.8 Å². The second kappa shape index (κ2) is 6.22. The van der Waals surface area contributed by atoms with E-state index in [0.717, 1.165) is 40.4 Å². The van der Waals surface area contributed by atoms with Crippen molar-refractivity contribution in [2.75, 3.05) is 0 Å². The van der Waals surface area contributed by atoms with Crippen LogP contribution in [0.5, 0.6) is 0 Å². The van der Waals surface area contributed by atoms with Gasteiger partial charge in [0.25, 0.3) is 5.91 Å². The van der Waals surface area contributed by atoms with E-state index in [4.69, 9.17) is 0 Å². The fourth-order valence-electron chi connectivity index (χ4n) is 6.50. The number of hydrogen-bond acceptors (Lipinski definition) is 2. The van der Waals surface area contributed by atoms with Crippen molar-refractivity contribution in [3.8, 4) is 0 Å². The number of nitrogens with zero attached hydrogens (tertiary/aromatic N) is 2. The number of aryl methyl sites for hydroxylation is 1. The fraction of sp³-hybridized carbons (Fsp3) is 0.565. The highest BCUT2D eigenvalue weighted by atomic mass is 16.1. The molecule has 4 saturated carbocycles. The summed E-state index contributed by atoms with van der Waals surface area (Å²) < 4.78 is 2.21. The Morgan fingerprint density at radius 1 is 1.15 bits per heavy atom. The number of carbonyl (C=O) groups is 1. The van der Waals surface area contributed by atoms with E-state index in [9.17, 15) is 4.79 Å². The highest BCUT2D eigenvalue weighted by molar-refractivity contribution is 5.96. The molecule has 1 amide bonds. The van der Waals surface area contributed by atoms with E-state index in [1.54, 1.807) is 0 Å². The summed E-state index contributed by atoms with van der Waals surface area (Å²) in [6.07, 6.45) is 9.59. The SMILES string of the molecule is Cc1cc(C(=O)NC23CC4CC(CC(C4)C2)C3)c(C)n1Cc1ccccn1. The lowest BCUT2D eigenvalue weighted by molar-refractivity contribution is -0.0167. The lowest BCUT2D eigenvalue weighted by atomic mass is 9.53. The number of nitrogens with one attached hydrogen (secondary N) is 1. The average Bonchev–Trinajstić information content (AvgIpc) is 2.89. The van der Waals surface area contributed by atoms with Crippen LogP contribution < -0.4 is 5.32 Å². The predicted octanol–water partition coefficient (Wildman–Crippen LogP) is 4.25. The van der Waals surface area contributed by atoms with Gasteiger partial charge in [0.1, 0.15) is 0 Å². The topological polar surface area (TPSA) is 46.9 Å². The van der Waals surface area contributed by atoms with E-state index in [2.05, 4.69) is 28.7 Å². The van der Waals surface area contributed by atoms with Gasteiger partial charge in [0.2, 0.25) is 0 Å². The van der Waals surface area contributed by atoms with Crippen LogP contribution >= 0.6 is 0 Å². The molecule has 0 radical (unpaired) electrons. The van der Waals surface area contributed by atoms with Gasteiger partial charge in [-0.05, 0) is 88.3 Å². The zero-order valence-corrected chi connectivity index (χ0v) is 16.4. The van der Waals surface area contributed by atoms with Gasteiger partial charge in [-0.25, -0.2) is 0 Å². The van der Waals surface area contributed by atoms with Gasteiger partial charge in [0.15, 0.2) is 0 Å². The summed E-state index contributed by atoms with van der Waals surface area (Å²) in [6.45, 7) is 4.85. The molecule has 0 saturated heterocycles. The minimum absolute atomic E-state index is 0.0647. The Labute approximate surface area is 161 Å². The third-order valence-electron chi connectivity index (χ3n) is 7.28. The van der Waals surface area contributed by atoms with Gasteiger partial charge in [0, 0.05) is 23.1 Å². The fourth-order valence-corrected chi connectivity index (χ4v) is 6.50. The van der Waals surface area contributed by atoms with Crippen LogP contribution in [0.1, 0.15) is 66.0 Å². The standard InChI is InChI=1S/C23H29N3O/c1-15-7-21(16(2)26(15)14-20-5-3-4-6-24-20)22(27)25-23-11-17-8-18(12-23)10-19(9-17)13-23/h3-7,17-19H,8-14H2,1-2H3,(H,25,27). The van der Waals surface area contributed by atoms with Gasteiger partial charge in [-0.1, -0.05) is 6.07 Å². The third-order valence-corrected chi connectivity index (χ3v) is 7.28. The van der Waals surface area contributed by atoms with Gasteiger partial charge in [-0.15, -0.1) is 0 Å². The van der Waals surface area contributed by atoms with Gasteiger partial charge < -0.3 is 9.88 Å². The maximum absolute atomic E-state index is 13.2. The van der Waals surface area contributed by atoms with Crippen LogP contribution in [0.25, 0.3) is 0 Å². The molecule has 6 rings (SSSR count). The molecule has 2 heterocycles. The zero-order chi connectivity index (χ0) is 18.6. The largest absolute Gasteiger partial charge is 0.347 e. The van der Waals surface area contributed by atoms with Crippen LogP contribution in [-0.4, -0.2) is 21.0 Å². The van der Waals surface area contributed by atoms with E-state index in [0.29, 0.717) is 6.54 Å². The molecule has 0 unspecified atom stereocenters. The monoisotopic (exact) mass is 363 g/mol. The van der Waals surface area contributed by atoms with Crippen LogP contribution in [0.2, 0.25) is 0 Å². The second-order valence-corrected chi connectivity index (χ2v) is 9.34. The first-order chi connectivity index (χ1) is 13.0. The number of pyridine rings is 1. The van der Waals surface area contributed by atoms with Crippen LogP contribution in [0.3, 0.4) is 0 Å². The Hall–Kier alpha value is -2.10. The molecule has 0 aromatic carbocycles. The van der Waals surface area contributed by atoms with Gasteiger partial charge in [-0.3, -0.25) is 9.78 Å². The van der Waals surface area contributed by atoms with E-state index in [1.165, 1.54) is 38.5 Å². The summed E-state index contributed by atoms with van der Waals surface area (Å²) in [4.78, 5) is 17.7. The maximum Gasteiger partial charge on any atom is 0.253 e. The molecule has 0 spiro atoms. The van der Waals surface area contributed by atoms with Crippen molar-refractivity contribution in [2.24, 2.45) is 17.8 Å². The highest BCUT2D eigenvalue weighted by Crippen LogP contribution is 2.55. The molecule has 4 nitrogen and oxygen atoms in total. The molecule has 27 heavy (non-hydrogen) atoms. The molecule has 2 aromatic rings. The maximum atomic E-state index is 13.2. The molecule has 2 aromatic heterocycles. The molecule has 4 aliphatic carbocycles. The smallest absolute Gasteiger partial charge is 0.253 e. The molecular weight excluding hydrogens is 334 g/mol. The Kier molecular flexibility index (Phi) is 3.92. The summed E-state index contributed by atoms with van der Waals surface area (Å²) in [7, 11) is 0. The van der Waals surface area contributed by atoms with E-state index >= 15 is 0 Å². The first kappa shape index (κ1) is 17.0. The molecule has 4 bridgehead atoms. The van der Waals surface area contributed by atoms with Crippen LogP contribution in [0.4, 0.5) is 0 Å². The Morgan fingerprint density at radius 2 is 1.81 bits per heavy atom. The number of amides is 1. The van der Waals surface area contributed by atoms with Crippen molar-refractivity contribution in [1.29, 1.82) is 0 Å². The molecule has 4 aliphatic rings. The van der Waals surface area contributed by atoms with Crippen molar-refractivity contribution in [3.05, 3.63) is 53.1 Å². The van der Waals surface area contributed by atoms with E-state index in [1.807, 2.05) is 30.5 Å². The van der Waals surface area contributed by atoms with Gasteiger partial charge >= 0.3 is 0 Å². The minimum Gasteiger partial charge on any atom is -0.347 e. The predicted molar refractivity (Wildman–Crippen MR) is 106 cm³/mol. The normalized spacial score (nSPS) is 31.3. The molecule has 0 atom stereocenters. The summed E-state index contributed by atoms with van der Waals surface area (Å²) in [5.41, 5.74) is 4.08. The van der Waals surface area contributed by atoms with Crippen LogP contribution in [-0.2, 0) is 6.54 Å². The lowest BCUT2D eigenvalue weighted by Crippen LogP contribution is -2.59. The summed E-state index contributed by atoms with van der Waals surface area (Å²) >= 11 is 0. The van der Waals surface area contributed by atoms with Crippen molar-refractivity contribution in [1.82, 2.24) is 14.9 Å². The van der Waals surface area contributed by atoms with Crippen molar-refractivity contribution in [3.63, 3.8) is 0 Å². The number of aromatic nitrogens is 2. The van der Waals surface area contributed by atoms with E-state index in [-0.39, 0.29) is 11.4 Å². The molecule has 4 fully saturated rings. The molecular formula is C23H29N3O. The lowest BCUT2D eigenvalue weighted by Gasteiger charge is -2.56. The van der Waals surface area contributed by atoms with Crippen molar-refractivity contribution >= 4 is 5.91 Å². The third kappa shape index (κ3) is 2.99. The van der Waals surface area contributed by atoms with Crippen LogP contribution in [0.15, 0.2) is 30.5 Å². The quantitative estimate of drug-likeness (QED) is 0.883. The summed E-state index contributed by atoms with van der Waals surface area (Å²) in [6, 6.07) is 8.03.